The van der Waals surface area contributed by atoms with Crippen molar-refractivity contribution in [1.29, 1.82) is 0 Å². The average molecular weight is 938 g/mol. The highest BCUT2D eigenvalue weighted by molar-refractivity contribution is 6.97. The molecule has 1 heterocycles. The minimum Gasteiger partial charge on any atom is -0.248 e. The lowest BCUT2D eigenvalue weighted by Gasteiger charge is -2.63. The lowest BCUT2D eigenvalue weighted by molar-refractivity contribution is -0.0281. The van der Waals surface area contributed by atoms with Gasteiger partial charge in [-0.1, -0.05) is 227 Å². The van der Waals surface area contributed by atoms with Crippen LogP contribution >= 0.6 is 0 Å². The highest BCUT2D eigenvalue weighted by Gasteiger charge is 2.58. The fourth-order valence-corrected chi connectivity index (χ4v) is 16.1. The number of rotatable bonds is 10. The van der Waals surface area contributed by atoms with Gasteiger partial charge in [0, 0.05) is 5.56 Å². The predicted octanol–water partition coefficient (Wildman–Crippen LogP) is 12.9. The molecule has 4 bridgehead atoms. The van der Waals surface area contributed by atoms with Gasteiger partial charge in [-0.25, -0.2) is 4.98 Å². The molecule has 2 atom stereocenters. The lowest BCUT2D eigenvalue weighted by Crippen LogP contribution is -2.57. The molecule has 1 aromatic heterocycles. The molecule has 0 radical (unpaired) electrons. The summed E-state index contributed by atoms with van der Waals surface area (Å²) in [6, 6.07) is 54.6. The Labute approximate surface area is 433 Å². The highest BCUT2D eigenvalue weighted by atomic mass is 14.7. The third-order valence-corrected chi connectivity index (χ3v) is 18.1. The first-order chi connectivity index (χ1) is 34.5. The van der Waals surface area contributed by atoms with E-state index >= 15 is 0 Å². The predicted molar refractivity (Wildman–Crippen MR) is 312 cm³/mol. The van der Waals surface area contributed by atoms with Gasteiger partial charge in [0.2, 0.25) is 13.4 Å². The maximum absolute atomic E-state index is 5.41. The second-order valence-electron chi connectivity index (χ2n) is 23.9. The topological polar surface area (TPSA) is 12.9 Å². The molecule has 7 aromatic carbocycles. The normalized spacial score (nSPS) is 20.0. The van der Waals surface area contributed by atoms with Crippen LogP contribution in [0.25, 0.3) is 22.5 Å². The summed E-state index contributed by atoms with van der Waals surface area (Å²) in [5.41, 5.74) is 32.7. The fraction of sp³-hybridized carbons (Fsp3) is 0.319. The van der Waals surface area contributed by atoms with E-state index < -0.39 is 0 Å². The van der Waals surface area contributed by atoms with Crippen LogP contribution in [0.1, 0.15) is 116 Å². The molecule has 0 N–H and O–H groups in total. The van der Waals surface area contributed by atoms with Gasteiger partial charge in [-0.2, -0.15) is 0 Å². The summed E-state index contributed by atoms with van der Waals surface area (Å²) in [6.07, 6.45) is 7.92. The third-order valence-electron chi connectivity index (χ3n) is 18.1. The van der Waals surface area contributed by atoms with E-state index in [2.05, 4.69) is 223 Å². The highest BCUT2D eigenvalue weighted by Crippen LogP contribution is 2.66. The van der Waals surface area contributed by atoms with E-state index in [4.69, 9.17) is 4.98 Å². The van der Waals surface area contributed by atoms with Crippen molar-refractivity contribution in [3.8, 4) is 22.5 Å². The van der Waals surface area contributed by atoms with Crippen LogP contribution in [0.5, 0.6) is 0 Å². The molecule has 0 spiro atoms. The Bertz CT molecular complexity index is 3190. The Kier molecular flexibility index (Phi) is 12.3. The second kappa shape index (κ2) is 18.4. The monoisotopic (exact) mass is 938 g/mol. The smallest absolute Gasteiger partial charge is 0.242 e. The maximum Gasteiger partial charge on any atom is 0.242 e. The Balaban J connectivity index is 0.894. The molecule has 0 aliphatic heterocycles. The number of nitrogens with zero attached hydrogens (tertiary/aromatic N) is 1. The van der Waals surface area contributed by atoms with Crippen molar-refractivity contribution in [2.75, 3.05) is 0 Å². The molecule has 72 heavy (non-hydrogen) atoms. The number of benzene rings is 7. The Morgan fingerprint density at radius 3 is 1.11 bits per heavy atom. The molecule has 1 nitrogen and oxygen atoms in total. The van der Waals surface area contributed by atoms with Crippen molar-refractivity contribution in [3.63, 3.8) is 0 Å². The Hall–Kier alpha value is -6.18. The molecular formula is C69H73B2N. The summed E-state index contributed by atoms with van der Waals surface area (Å²) in [5.74, 6) is 1.56. The molecule has 0 amide bonds. The van der Waals surface area contributed by atoms with Crippen LogP contribution in [0, 0.1) is 94.9 Å². The molecule has 4 fully saturated rings. The van der Waals surface area contributed by atoms with Crippen molar-refractivity contribution < 1.29 is 0 Å². The van der Waals surface area contributed by atoms with Crippen LogP contribution in [0.2, 0.25) is 0 Å². The van der Waals surface area contributed by atoms with Crippen molar-refractivity contribution >= 4 is 46.2 Å². The standard InChI is InChI=1S/C69H73B2N/c1-42-27-46(5)64(47(6)28-42)70(65-48(7)29-43(2)30-49(65)8)60-25-23-59(24-26-60)69-39-54-35-55(40-69)38-68(37-54,41-69)58-21-19-56(20-22-58)62-17-14-18-63(72-62)57-15-13-16-61(36-57)71(66-50(9)31-44(3)32-51(66)10)67-52(11)33-45(4)34-53(67)12/h13-34,36,54-55H,35,37-41H2,1-12H3. The number of hydrogen-bond donors (Lipinski definition) is 0. The first-order valence-electron chi connectivity index (χ1n) is 27.1. The van der Waals surface area contributed by atoms with Gasteiger partial charge in [-0.05, 0) is 173 Å². The van der Waals surface area contributed by atoms with Gasteiger partial charge in [0.15, 0.2) is 0 Å². The van der Waals surface area contributed by atoms with Gasteiger partial charge in [0.25, 0.3) is 0 Å². The van der Waals surface area contributed by atoms with E-state index in [0.717, 1.165) is 28.8 Å². The summed E-state index contributed by atoms with van der Waals surface area (Å²) in [5, 5.41) is 0. The molecule has 4 aliphatic carbocycles. The van der Waals surface area contributed by atoms with E-state index in [1.807, 2.05) is 0 Å². The molecular weight excluding hydrogens is 864 g/mol. The number of aryl methyl sites for hydroxylation is 12. The summed E-state index contributed by atoms with van der Waals surface area (Å²) in [4.78, 5) is 5.41. The summed E-state index contributed by atoms with van der Waals surface area (Å²) in [6.45, 7) is 27.7. The number of pyridine rings is 1. The maximum atomic E-state index is 5.41. The first-order valence-corrected chi connectivity index (χ1v) is 27.1. The molecule has 8 aromatic rings. The van der Waals surface area contributed by atoms with Gasteiger partial charge in [0.05, 0.1) is 11.4 Å². The van der Waals surface area contributed by atoms with Crippen molar-refractivity contribution in [2.24, 2.45) is 11.8 Å². The van der Waals surface area contributed by atoms with Gasteiger partial charge < -0.3 is 0 Å². The third kappa shape index (κ3) is 8.53. The quantitative estimate of drug-likeness (QED) is 0.125. The number of hydrogen-bond acceptors (Lipinski definition) is 1. The molecule has 4 saturated carbocycles. The second-order valence-corrected chi connectivity index (χ2v) is 23.9. The zero-order chi connectivity index (χ0) is 50.4. The minimum atomic E-state index is 0.118. The van der Waals surface area contributed by atoms with Crippen LogP contribution in [-0.2, 0) is 10.8 Å². The number of aromatic nitrogens is 1. The zero-order valence-corrected chi connectivity index (χ0v) is 45.3. The Morgan fingerprint density at radius 2 is 0.708 bits per heavy atom. The molecule has 0 saturated heterocycles. The van der Waals surface area contributed by atoms with Gasteiger partial charge in [0.1, 0.15) is 0 Å². The van der Waals surface area contributed by atoms with Crippen molar-refractivity contribution in [1.82, 2.24) is 4.98 Å². The fourth-order valence-electron chi connectivity index (χ4n) is 16.1. The van der Waals surface area contributed by atoms with Crippen molar-refractivity contribution in [3.05, 3.63) is 217 Å². The van der Waals surface area contributed by atoms with Crippen LogP contribution < -0.4 is 32.8 Å². The van der Waals surface area contributed by atoms with E-state index in [9.17, 15) is 0 Å². The van der Waals surface area contributed by atoms with Crippen LogP contribution in [-0.4, -0.2) is 18.4 Å². The minimum absolute atomic E-state index is 0.118. The molecule has 360 valence electrons. The van der Waals surface area contributed by atoms with E-state index in [1.54, 1.807) is 5.56 Å². The molecule has 12 rings (SSSR count). The summed E-state index contributed by atoms with van der Waals surface area (Å²) in [7, 11) is 0. The van der Waals surface area contributed by atoms with Gasteiger partial charge >= 0.3 is 0 Å². The first kappa shape index (κ1) is 48.1. The van der Waals surface area contributed by atoms with E-state index in [0.29, 0.717) is 0 Å². The zero-order valence-electron chi connectivity index (χ0n) is 45.3. The largest absolute Gasteiger partial charge is 0.248 e. The Morgan fingerprint density at radius 1 is 0.361 bits per heavy atom. The van der Waals surface area contributed by atoms with Gasteiger partial charge in [-0.3, -0.25) is 0 Å². The van der Waals surface area contributed by atoms with Crippen LogP contribution in [0.15, 0.2) is 140 Å². The van der Waals surface area contributed by atoms with Crippen LogP contribution in [0.3, 0.4) is 0 Å². The van der Waals surface area contributed by atoms with E-state index in [-0.39, 0.29) is 24.3 Å². The van der Waals surface area contributed by atoms with Crippen LogP contribution in [0.4, 0.5) is 0 Å². The summed E-state index contributed by atoms with van der Waals surface area (Å²) >= 11 is 0. The average Bonchev–Trinajstić information content (AvgIpc) is 3.32. The molecule has 2 unspecified atom stereocenters. The molecule has 3 heteroatoms. The van der Waals surface area contributed by atoms with Crippen molar-refractivity contribution in [2.45, 2.75) is 132 Å². The molecule has 4 aliphatic rings. The lowest BCUT2D eigenvalue weighted by atomic mass is 9.34. The van der Waals surface area contributed by atoms with E-state index in [1.165, 1.54) is 149 Å². The SMILES string of the molecule is Cc1cc(C)c(B(c2ccc(C34CC5CC(C3)CC(c3ccc(-c6cccc(-c7cccc(B(c8c(C)cc(C)cc8C)c8c(C)cc(C)cc8C)c7)n6)cc3)(C5)C4)cc2)c2c(C)cc(C)cc2C)c(C)c1. The van der Waals surface area contributed by atoms with Gasteiger partial charge in [-0.15, -0.1) is 0 Å². The summed E-state index contributed by atoms with van der Waals surface area (Å²) < 4.78 is 0.